The van der Waals surface area contributed by atoms with Crippen LogP contribution in [0.1, 0.15) is 59.3 Å². The van der Waals surface area contributed by atoms with E-state index in [-0.39, 0.29) is 17.2 Å². The van der Waals surface area contributed by atoms with E-state index in [2.05, 4.69) is 5.32 Å². The Bertz CT molecular complexity index is 414. The summed E-state index contributed by atoms with van der Waals surface area (Å²) < 4.78 is 0. The van der Waals surface area contributed by atoms with Crippen molar-refractivity contribution >= 4 is 11.8 Å². The zero-order valence-electron chi connectivity index (χ0n) is 14.1. The van der Waals surface area contributed by atoms with Crippen molar-refractivity contribution in [2.24, 2.45) is 11.3 Å². The van der Waals surface area contributed by atoms with Crippen LogP contribution in [0.4, 0.5) is 0 Å². The third kappa shape index (κ3) is 3.80. The number of nitrogens with one attached hydrogen (secondary N) is 1. The molecule has 0 unspecified atom stereocenters. The lowest BCUT2D eigenvalue weighted by molar-refractivity contribution is -0.141. The molecule has 1 saturated heterocycles. The summed E-state index contributed by atoms with van der Waals surface area (Å²) in [4.78, 5) is 26.5. The predicted octanol–water partition coefficient (Wildman–Crippen LogP) is 1.69. The predicted molar refractivity (Wildman–Crippen MR) is 85.2 cm³/mol. The number of amides is 2. The molecule has 0 aromatic heterocycles. The summed E-state index contributed by atoms with van der Waals surface area (Å²) in [5.41, 5.74) is 0.0425. The molecule has 0 aromatic rings. The summed E-state index contributed by atoms with van der Waals surface area (Å²) in [6.45, 7) is 6.83. The molecule has 22 heavy (non-hydrogen) atoms. The van der Waals surface area contributed by atoms with Gasteiger partial charge >= 0.3 is 0 Å². The van der Waals surface area contributed by atoms with Gasteiger partial charge in [0.05, 0.1) is 6.10 Å². The fourth-order valence-electron chi connectivity index (χ4n) is 3.85. The lowest BCUT2D eigenvalue weighted by Crippen LogP contribution is -2.54. The van der Waals surface area contributed by atoms with Crippen molar-refractivity contribution in [3.05, 3.63) is 0 Å². The number of rotatable bonds is 5. The first-order valence-corrected chi connectivity index (χ1v) is 8.60. The molecule has 2 atom stereocenters. The van der Waals surface area contributed by atoms with E-state index in [1.54, 1.807) is 11.8 Å². The lowest BCUT2D eigenvalue weighted by atomic mass is 9.73. The van der Waals surface area contributed by atoms with Crippen molar-refractivity contribution in [3.63, 3.8) is 0 Å². The van der Waals surface area contributed by atoms with Gasteiger partial charge in [0.1, 0.15) is 6.04 Å². The molecule has 5 nitrogen and oxygen atoms in total. The Morgan fingerprint density at radius 3 is 2.45 bits per heavy atom. The number of likely N-dealkylation sites (tertiary alicyclic amines) is 1. The first-order valence-electron chi connectivity index (χ1n) is 8.60. The third-order valence-electron chi connectivity index (χ3n) is 5.01. The summed E-state index contributed by atoms with van der Waals surface area (Å²) in [7, 11) is 0. The summed E-state index contributed by atoms with van der Waals surface area (Å²) in [6.07, 6.45) is 5.39. The SMILES string of the molecule is CC(C)CNC(=O)[C@H]([C@@H](C)O)N1CC2(CCCCC2)CC1=O. The van der Waals surface area contributed by atoms with Crippen LogP contribution in [-0.4, -0.2) is 47.1 Å². The van der Waals surface area contributed by atoms with E-state index in [0.29, 0.717) is 25.4 Å². The molecule has 1 heterocycles. The zero-order valence-corrected chi connectivity index (χ0v) is 14.1. The summed E-state index contributed by atoms with van der Waals surface area (Å²) in [5.74, 6) is 0.134. The molecule has 2 N–H and O–H groups in total. The van der Waals surface area contributed by atoms with Crippen LogP contribution in [0.3, 0.4) is 0 Å². The van der Waals surface area contributed by atoms with Crippen LogP contribution in [0, 0.1) is 11.3 Å². The Labute approximate surface area is 133 Å². The number of aliphatic hydroxyl groups excluding tert-OH is 1. The molecule has 1 saturated carbocycles. The highest BCUT2D eigenvalue weighted by Crippen LogP contribution is 2.44. The quantitative estimate of drug-likeness (QED) is 0.812. The number of hydrogen-bond acceptors (Lipinski definition) is 3. The second-order valence-corrected chi connectivity index (χ2v) is 7.58. The number of hydrogen-bond donors (Lipinski definition) is 2. The third-order valence-corrected chi connectivity index (χ3v) is 5.01. The van der Waals surface area contributed by atoms with E-state index in [0.717, 1.165) is 12.8 Å². The van der Waals surface area contributed by atoms with Gasteiger partial charge in [-0.2, -0.15) is 0 Å². The Morgan fingerprint density at radius 1 is 1.27 bits per heavy atom. The van der Waals surface area contributed by atoms with Crippen LogP contribution in [0.2, 0.25) is 0 Å². The molecule has 0 radical (unpaired) electrons. The molecular formula is C17H30N2O3. The molecule has 2 amide bonds. The van der Waals surface area contributed by atoms with Gasteiger partial charge in [0, 0.05) is 19.5 Å². The van der Waals surface area contributed by atoms with Gasteiger partial charge in [-0.3, -0.25) is 9.59 Å². The highest BCUT2D eigenvalue weighted by molar-refractivity contribution is 5.89. The standard InChI is InChI=1S/C17H30N2O3/c1-12(2)10-18-16(22)15(13(3)20)19-11-17(9-14(19)21)7-5-4-6-8-17/h12-13,15,20H,4-11H2,1-3H3,(H,18,22)/t13-,15+/m1/s1. The van der Waals surface area contributed by atoms with Gasteiger partial charge in [-0.05, 0) is 31.1 Å². The van der Waals surface area contributed by atoms with Crippen molar-refractivity contribution in [2.45, 2.75) is 71.4 Å². The van der Waals surface area contributed by atoms with Crippen molar-refractivity contribution < 1.29 is 14.7 Å². The van der Waals surface area contributed by atoms with Gasteiger partial charge in [-0.1, -0.05) is 33.1 Å². The number of carbonyl (C=O) groups excluding carboxylic acids is 2. The lowest BCUT2D eigenvalue weighted by Gasteiger charge is -2.35. The number of carbonyl (C=O) groups is 2. The van der Waals surface area contributed by atoms with E-state index in [1.807, 2.05) is 13.8 Å². The number of aliphatic hydroxyl groups is 1. The van der Waals surface area contributed by atoms with Crippen LogP contribution < -0.4 is 5.32 Å². The number of nitrogens with zero attached hydrogens (tertiary/aromatic N) is 1. The monoisotopic (exact) mass is 310 g/mol. The van der Waals surface area contributed by atoms with Crippen molar-refractivity contribution in [2.75, 3.05) is 13.1 Å². The van der Waals surface area contributed by atoms with Crippen LogP contribution in [0.15, 0.2) is 0 Å². The molecule has 126 valence electrons. The highest BCUT2D eigenvalue weighted by Gasteiger charge is 2.48. The molecule has 2 fully saturated rings. The molecule has 0 aromatic carbocycles. The largest absolute Gasteiger partial charge is 0.391 e. The van der Waals surface area contributed by atoms with Gasteiger partial charge in [-0.25, -0.2) is 0 Å². The molecule has 0 bridgehead atoms. The molecular weight excluding hydrogens is 280 g/mol. The van der Waals surface area contributed by atoms with E-state index >= 15 is 0 Å². The molecule has 1 aliphatic heterocycles. The van der Waals surface area contributed by atoms with Crippen molar-refractivity contribution in [1.29, 1.82) is 0 Å². The van der Waals surface area contributed by atoms with Gasteiger partial charge < -0.3 is 15.3 Å². The molecule has 1 spiro atoms. The van der Waals surface area contributed by atoms with Gasteiger partial charge in [0.25, 0.3) is 0 Å². The fourth-order valence-corrected chi connectivity index (χ4v) is 3.85. The zero-order chi connectivity index (χ0) is 16.3. The minimum Gasteiger partial charge on any atom is -0.391 e. The smallest absolute Gasteiger partial charge is 0.245 e. The molecule has 2 aliphatic rings. The minimum absolute atomic E-state index is 0.0208. The normalized spacial score (nSPS) is 23.9. The van der Waals surface area contributed by atoms with Crippen LogP contribution >= 0.6 is 0 Å². The van der Waals surface area contributed by atoms with E-state index in [1.165, 1.54) is 19.3 Å². The Balaban J connectivity index is 2.08. The van der Waals surface area contributed by atoms with Crippen LogP contribution in [0.5, 0.6) is 0 Å². The topological polar surface area (TPSA) is 69.6 Å². The average molecular weight is 310 g/mol. The van der Waals surface area contributed by atoms with E-state index in [9.17, 15) is 14.7 Å². The second-order valence-electron chi connectivity index (χ2n) is 7.58. The van der Waals surface area contributed by atoms with Crippen LogP contribution in [-0.2, 0) is 9.59 Å². The summed E-state index contributed by atoms with van der Waals surface area (Å²) in [6, 6.07) is -0.757. The fraction of sp³-hybridized carbons (Fsp3) is 0.882. The molecule has 5 heteroatoms. The Morgan fingerprint density at radius 2 is 1.91 bits per heavy atom. The first kappa shape index (κ1) is 17.3. The summed E-state index contributed by atoms with van der Waals surface area (Å²) >= 11 is 0. The molecule has 1 aliphatic carbocycles. The average Bonchev–Trinajstić information content (AvgIpc) is 2.73. The minimum atomic E-state index is -0.852. The van der Waals surface area contributed by atoms with Crippen molar-refractivity contribution in [3.8, 4) is 0 Å². The second kappa shape index (κ2) is 6.99. The van der Waals surface area contributed by atoms with Crippen LogP contribution in [0.25, 0.3) is 0 Å². The maximum atomic E-state index is 12.5. The van der Waals surface area contributed by atoms with Gasteiger partial charge in [-0.15, -0.1) is 0 Å². The first-order chi connectivity index (χ1) is 10.3. The molecule has 2 rings (SSSR count). The maximum Gasteiger partial charge on any atom is 0.245 e. The van der Waals surface area contributed by atoms with Gasteiger partial charge in [0.2, 0.25) is 11.8 Å². The van der Waals surface area contributed by atoms with E-state index < -0.39 is 12.1 Å². The van der Waals surface area contributed by atoms with E-state index in [4.69, 9.17) is 0 Å². The highest BCUT2D eigenvalue weighted by atomic mass is 16.3. The van der Waals surface area contributed by atoms with Crippen molar-refractivity contribution in [1.82, 2.24) is 10.2 Å². The van der Waals surface area contributed by atoms with Gasteiger partial charge in [0.15, 0.2) is 0 Å². The Hall–Kier alpha value is -1.10. The Kier molecular flexibility index (Phi) is 5.48. The maximum absolute atomic E-state index is 12.5. The summed E-state index contributed by atoms with van der Waals surface area (Å²) in [5, 5.41) is 12.9.